The van der Waals surface area contributed by atoms with Crippen molar-refractivity contribution in [2.24, 2.45) is 0 Å². The van der Waals surface area contributed by atoms with E-state index in [4.69, 9.17) is 0 Å². The van der Waals surface area contributed by atoms with Gasteiger partial charge in [0.05, 0.1) is 22.7 Å². The van der Waals surface area contributed by atoms with Crippen molar-refractivity contribution < 1.29 is 0 Å². The van der Waals surface area contributed by atoms with Crippen molar-refractivity contribution in [3.05, 3.63) is 186 Å². The summed E-state index contributed by atoms with van der Waals surface area (Å²) in [5.41, 5.74) is 16.3. The summed E-state index contributed by atoms with van der Waals surface area (Å²) in [6.45, 7) is 9.18. The normalized spacial score (nSPS) is 17.1. The molecule has 3 aliphatic rings. The lowest BCUT2D eigenvalue weighted by Gasteiger charge is -2.42. The molecule has 240 valence electrons. The Morgan fingerprint density at radius 1 is 0.449 bits per heavy atom. The number of nitrogens with zero attached hydrogens (tertiary/aromatic N) is 2. The quantitative estimate of drug-likeness (QED) is 0.190. The summed E-state index contributed by atoms with van der Waals surface area (Å²) in [5, 5.41) is 0. The zero-order valence-corrected chi connectivity index (χ0v) is 28.5. The number of hydrogen-bond donors (Lipinski definition) is 0. The fourth-order valence-corrected chi connectivity index (χ4v) is 9.11. The van der Waals surface area contributed by atoms with Crippen LogP contribution in [0.3, 0.4) is 0 Å². The number of fused-ring (bicyclic) bond motifs is 4. The average Bonchev–Trinajstić information content (AvgIpc) is 3.16. The fourth-order valence-electron chi connectivity index (χ4n) is 9.11. The molecule has 2 heteroatoms. The van der Waals surface area contributed by atoms with Crippen LogP contribution in [0, 0.1) is 0 Å². The molecule has 0 saturated heterocycles. The Kier molecular flexibility index (Phi) is 6.91. The monoisotopic (exact) mass is 634 g/mol. The molecule has 6 aromatic carbocycles. The number of para-hydroxylation sites is 4. The predicted octanol–water partition coefficient (Wildman–Crippen LogP) is 12.9. The highest BCUT2D eigenvalue weighted by Crippen LogP contribution is 2.53. The third-order valence-electron chi connectivity index (χ3n) is 11.6. The van der Waals surface area contributed by atoms with Gasteiger partial charge in [-0.2, -0.15) is 0 Å². The van der Waals surface area contributed by atoms with E-state index in [0.717, 1.165) is 5.57 Å². The first-order valence-corrected chi connectivity index (χ1v) is 17.9. The molecule has 0 aromatic heterocycles. The standard InChI is InChI=1S/C47H42N2/c1-33-38-15-5-9-19-42(38)48(43-20-10-6-16-39(33)43)36-27-23-34(24-28-36)47(31-13-4-14-32-47)35-25-29-37(30-26-35)49-44-21-11-7-17-40(44)46(2,3)41-18-8-12-22-45(41)49/h5-12,15-30H,1,4,13-14,31-32H2,2-3H3. The summed E-state index contributed by atoms with van der Waals surface area (Å²) in [6.07, 6.45) is 6.15. The van der Waals surface area contributed by atoms with E-state index in [0.29, 0.717) is 0 Å². The zero-order valence-electron chi connectivity index (χ0n) is 28.5. The maximum Gasteiger partial charge on any atom is 0.0540 e. The highest BCUT2D eigenvalue weighted by Gasteiger charge is 2.38. The molecule has 0 unspecified atom stereocenters. The minimum atomic E-state index is -0.0612. The lowest BCUT2D eigenvalue weighted by atomic mass is 9.65. The van der Waals surface area contributed by atoms with E-state index in [1.807, 2.05) is 0 Å². The average molecular weight is 635 g/mol. The molecular weight excluding hydrogens is 593 g/mol. The molecule has 1 aliphatic carbocycles. The Morgan fingerprint density at radius 3 is 1.31 bits per heavy atom. The van der Waals surface area contributed by atoms with Gasteiger partial charge >= 0.3 is 0 Å². The van der Waals surface area contributed by atoms with Crippen molar-refractivity contribution in [3.8, 4) is 0 Å². The molecule has 2 nitrogen and oxygen atoms in total. The molecule has 0 bridgehead atoms. The van der Waals surface area contributed by atoms with E-state index in [1.165, 1.54) is 99.6 Å². The molecule has 2 aliphatic heterocycles. The molecule has 2 heterocycles. The molecule has 1 saturated carbocycles. The molecule has 0 N–H and O–H groups in total. The van der Waals surface area contributed by atoms with Crippen LogP contribution in [0.1, 0.15) is 79.3 Å². The number of rotatable bonds is 4. The summed E-state index contributed by atoms with van der Waals surface area (Å²) >= 11 is 0. The Bertz CT molecular complexity index is 2100. The van der Waals surface area contributed by atoms with Gasteiger partial charge in [-0.05, 0) is 89.2 Å². The van der Waals surface area contributed by atoms with Gasteiger partial charge in [0.15, 0.2) is 0 Å². The molecular formula is C47H42N2. The van der Waals surface area contributed by atoms with Gasteiger partial charge in [-0.3, -0.25) is 0 Å². The maximum absolute atomic E-state index is 4.48. The minimum absolute atomic E-state index is 0.00100. The van der Waals surface area contributed by atoms with E-state index in [1.54, 1.807) is 0 Å². The summed E-state index contributed by atoms with van der Waals surface area (Å²) in [5.74, 6) is 0. The summed E-state index contributed by atoms with van der Waals surface area (Å²) < 4.78 is 0. The molecule has 1 fully saturated rings. The minimum Gasteiger partial charge on any atom is -0.310 e. The van der Waals surface area contributed by atoms with Gasteiger partial charge in [-0.1, -0.05) is 137 Å². The van der Waals surface area contributed by atoms with E-state index >= 15 is 0 Å². The lowest BCUT2D eigenvalue weighted by Crippen LogP contribution is -2.31. The van der Waals surface area contributed by atoms with E-state index < -0.39 is 0 Å². The van der Waals surface area contributed by atoms with Crippen LogP contribution in [0.15, 0.2) is 152 Å². The summed E-state index contributed by atoms with van der Waals surface area (Å²) in [4.78, 5) is 4.87. The largest absolute Gasteiger partial charge is 0.310 e. The van der Waals surface area contributed by atoms with Crippen molar-refractivity contribution in [3.63, 3.8) is 0 Å². The predicted molar refractivity (Wildman–Crippen MR) is 206 cm³/mol. The number of anilines is 6. The smallest absolute Gasteiger partial charge is 0.0540 e. The second kappa shape index (κ2) is 11.4. The second-order valence-electron chi connectivity index (χ2n) is 14.6. The Hall–Kier alpha value is -5.34. The van der Waals surface area contributed by atoms with E-state index in [9.17, 15) is 0 Å². The molecule has 6 aromatic rings. The van der Waals surface area contributed by atoms with Crippen LogP contribution in [0.5, 0.6) is 0 Å². The molecule has 9 rings (SSSR count). The Labute approximate surface area is 291 Å². The Balaban J connectivity index is 1.10. The summed E-state index contributed by atoms with van der Waals surface area (Å²) in [6, 6.07) is 54.2. The van der Waals surface area contributed by atoms with Gasteiger partial charge in [-0.25, -0.2) is 0 Å². The van der Waals surface area contributed by atoms with E-state index in [-0.39, 0.29) is 10.8 Å². The molecule has 0 atom stereocenters. The molecule has 49 heavy (non-hydrogen) atoms. The van der Waals surface area contributed by atoms with Crippen LogP contribution in [0.4, 0.5) is 34.1 Å². The van der Waals surface area contributed by atoms with Crippen molar-refractivity contribution in [2.75, 3.05) is 9.80 Å². The van der Waals surface area contributed by atoms with Gasteiger partial charge in [-0.15, -0.1) is 0 Å². The summed E-state index contributed by atoms with van der Waals surface area (Å²) in [7, 11) is 0. The zero-order chi connectivity index (χ0) is 33.2. The second-order valence-corrected chi connectivity index (χ2v) is 14.6. The van der Waals surface area contributed by atoms with Crippen molar-refractivity contribution >= 4 is 39.7 Å². The maximum atomic E-state index is 4.48. The fraction of sp³-hybridized carbons (Fsp3) is 0.191. The van der Waals surface area contributed by atoms with Gasteiger partial charge in [0.2, 0.25) is 0 Å². The highest BCUT2D eigenvalue weighted by molar-refractivity contribution is 6.00. The third-order valence-corrected chi connectivity index (χ3v) is 11.6. The van der Waals surface area contributed by atoms with Crippen LogP contribution >= 0.6 is 0 Å². The van der Waals surface area contributed by atoms with Gasteiger partial charge in [0, 0.05) is 33.3 Å². The van der Waals surface area contributed by atoms with Crippen molar-refractivity contribution in [1.82, 2.24) is 0 Å². The number of benzene rings is 6. The first kappa shape index (κ1) is 29.8. The van der Waals surface area contributed by atoms with Gasteiger partial charge < -0.3 is 9.80 Å². The first-order valence-electron chi connectivity index (χ1n) is 17.9. The van der Waals surface area contributed by atoms with Crippen LogP contribution < -0.4 is 9.80 Å². The lowest BCUT2D eigenvalue weighted by molar-refractivity contribution is 0.346. The van der Waals surface area contributed by atoms with Crippen molar-refractivity contribution in [1.29, 1.82) is 0 Å². The highest BCUT2D eigenvalue weighted by atomic mass is 15.2. The van der Waals surface area contributed by atoms with Crippen LogP contribution in [0.25, 0.3) is 5.57 Å². The molecule has 0 spiro atoms. The van der Waals surface area contributed by atoms with Crippen LogP contribution in [-0.4, -0.2) is 0 Å². The van der Waals surface area contributed by atoms with Gasteiger partial charge in [0.25, 0.3) is 0 Å². The van der Waals surface area contributed by atoms with Crippen LogP contribution in [-0.2, 0) is 10.8 Å². The SMILES string of the molecule is C=C1c2ccccc2N(c2ccc(C3(c4ccc(N5c6ccccc6C(C)(C)c6ccccc65)cc4)CCCCC3)cc2)c2ccccc21. The Morgan fingerprint density at radius 2 is 0.837 bits per heavy atom. The first-order chi connectivity index (χ1) is 24.0. The molecule has 0 amide bonds. The van der Waals surface area contributed by atoms with E-state index in [2.05, 4.69) is 176 Å². The topological polar surface area (TPSA) is 6.48 Å². The van der Waals surface area contributed by atoms with Crippen LogP contribution in [0.2, 0.25) is 0 Å². The van der Waals surface area contributed by atoms with Crippen molar-refractivity contribution in [2.45, 2.75) is 56.8 Å². The molecule has 0 radical (unpaired) electrons. The number of hydrogen-bond acceptors (Lipinski definition) is 2. The van der Waals surface area contributed by atoms with Gasteiger partial charge in [0.1, 0.15) is 0 Å². The third kappa shape index (κ3) is 4.54.